The molecule has 2 bridgehead atoms. The molecule has 2 amide bonds. The number of fused-ring (bicyclic) bond motifs is 1. The first-order valence-corrected chi connectivity index (χ1v) is 9.63. The number of carbonyl (C=O) groups is 2. The Morgan fingerprint density at radius 2 is 1.59 bits per heavy atom. The Kier molecular flexibility index (Phi) is 4.72. The van der Waals surface area contributed by atoms with E-state index in [0.29, 0.717) is 24.7 Å². The fraction of sp³-hybridized carbons (Fsp3) is 0.476. The molecular formula is C21H24N2O4. The molecule has 0 spiro atoms. The van der Waals surface area contributed by atoms with Gasteiger partial charge in [0.1, 0.15) is 0 Å². The van der Waals surface area contributed by atoms with Gasteiger partial charge in [-0.3, -0.25) is 9.59 Å². The van der Waals surface area contributed by atoms with Crippen LogP contribution in [-0.4, -0.2) is 36.3 Å². The van der Waals surface area contributed by atoms with Crippen LogP contribution in [0.25, 0.3) is 0 Å². The highest BCUT2D eigenvalue weighted by molar-refractivity contribution is 6.06. The summed E-state index contributed by atoms with van der Waals surface area (Å²) >= 11 is 0. The third-order valence-corrected chi connectivity index (χ3v) is 5.63. The lowest BCUT2D eigenvalue weighted by Gasteiger charge is -2.37. The van der Waals surface area contributed by atoms with E-state index in [1.54, 1.807) is 12.3 Å². The van der Waals surface area contributed by atoms with Gasteiger partial charge in [0, 0.05) is 0 Å². The molecule has 6 heteroatoms. The van der Waals surface area contributed by atoms with Crippen molar-refractivity contribution in [2.45, 2.75) is 26.7 Å². The van der Waals surface area contributed by atoms with Gasteiger partial charge >= 0.3 is 0 Å². The van der Waals surface area contributed by atoms with Gasteiger partial charge in [0.05, 0.1) is 31.3 Å². The molecule has 27 heavy (non-hydrogen) atoms. The average molecular weight is 368 g/mol. The third kappa shape index (κ3) is 3.03. The molecule has 0 N–H and O–H groups in total. The van der Waals surface area contributed by atoms with E-state index in [1.807, 2.05) is 26.0 Å². The Balaban J connectivity index is 1.56. The third-order valence-electron chi connectivity index (χ3n) is 5.63. The second-order valence-electron chi connectivity index (χ2n) is 7.15. The fourth-order valence-corrected chi connectivity index (χ4v) is 4.44. The highest BCUT2D eigenvalue weighted by Gasteiger charge is 2.56. The molecule has 1 saturated heterocycles. The van der Waals surface area contributed by atoms with E-state index in [2.05, 4.69) is 17.3 Å². The molecule has 1 aliphatic heterocycles. The molecule has 1 aromatic rings. The Hall–Kier alpha value is -2.63. The summed E-state index contributed by atoms with van der Waals surface area (Å²) in [4.78, 5) is 25.6. The zero-order chi connectivity index (χ0) is 19.0. The van der Waals surface area contributed by atoms with Gasteiger partial charge in [-0.05, 0) is 62.3 Å². The summed E-state index contributed by atoms with van der Waals surface area (Å²) in [7, 11) is 0. The van der Waals surface area contributed by atoms with E-state index in [9.17, 15) is 9.59 Å². The van der Waals surface area contributed by atoms with Crippen LogP contribution in [-0.2, 0) is 9.59 Å². The summed E-state index contributed by atoms with van der Waals surface area (Å²) < 4.78 is 11.2. The maximum Gasteiger partial charge on any atom is 0.254 e. The normalized spacial score (nSPS) is 28.9. The summed E-state index contributed by atoms with van der Waals surface area (Å²) in [5, 5.41) is 5.31. The Labute approximate surface area is 158 Å². The Morgan fingerprint density at radius 1 is 1.00 bits per heavy atom. The molecule has 0 radical (unpaired) electrons. The van der Waals surface area contributed by atoms with Crippen molar-refractivity contribution in [1.29, 1.82) is 0 Å². The summed E-state index contributed by atoms with van der Waals surface area (Å²) in [5.41, 5.74) is 0.749. The number of hydrogen-bond acceptors (Lipinski definition) is 5. The topological polar surface area (TPSA) is 68.2 Å². The maximum atomic E-state index is 12.8. The number of ether oxygens (including phenoxy) is 2. The number of hydrogen-bond donors (Lipinski definition) is 0. The van der Waals surface area contributed by atoms with Crippen molar-refractivity contribution < 1.29 is 19.1 Å². The van der Waals surface area contributed by atoms with Gasteiger partial charge in [0.2, 0.25) is 0 Å². The van der Waals surface area contributed by atoms with Crippen LogP contribution >= 0.6 is 0 Å². The first-order valence-electron chi connectivity index (χ1n) is 9.63. The fourth-order valence-electron chi connectivity index (χ4n) is 4.44. The van der Waals surface area contributed by atoms with Crippen molar-refractivity contribution >= 4 is 18.0 Å². The predicted octanol–water partition coefficient (Wildman–Crippen LogP) is 3.02. The van der Waals surface area contributed by atoms with E-state index >= 15 is 0 Å². The zero-order valence-corrected chi connectivity index (χ0v) is 15.6. The Morgan fingerprint density at radius 3 is 2.15 bits per heavy atom. The van der Waals surface area contributed by atoms with Gasteiger partial charge in [0.15, 0.2) is 11.5 Å². The standard InChI is InChI=1S/C21H24N2O4/c1-3-26-16-10-5-13(11-17(16)27-4-2)12-22-23-20(24)18-14-6-7-15(9-8-14)19(18)21(23)25/h5-7,10-12,14-15,18-19H,3-4,8-9H2,1-2H3/b22-12-/t14-,15-,18+,19+/m0/s1. The summed E-state index contributed by atoms with van der Waals surface area (Å²) in [6.07, 6.45) is 7.72. The van der Waals surface area contributed by atoms with Crippen molar-refractivity contribution in [3.05, 3.63) is 35.9 Å². The highest BCUT2D eigenvalue weighted by Crippen LogP contribution is 2.49. The van der Waals surface area contributed by atoms with E-state index in [0.717, 1.165) is 23.4 Å². The smallest absolute Gasteiger partial charge is 0.254 e. The quantitative estimate of drug-likeness (QED) is 0.440. The minimum absolute atomic E-state index is 0.170. The number of benzene rings is 1. The van der Waals surface area contributed by atoms with Crippen molar-refractivity contribution in [1.82, 2.24) is 5.01 Å². The van der Waals surface area contributed by atoms with Gasteiger partial charge in [-0.1, -0.05) is 12.2 Å². The van der Waals surface area contributed by atoms with Crippen LogP contribution < -0.4 is 9.47 Å². The van der Waals surface area contributed by atoms with Crippen LogP contribution in [0, 0.1) is 23.7 Å². The molecule has 1 aromatic carbocycles. The number of imide groups is 1. The van der Waals surface area contributed by atoms with Crippen molar-refractivity contribution in [3.8, 4) is 11.5 Å². The molecule has 2 fully saturated rings. The lowest BCUT2D eigenvalue weighted by Crippen LogP contribution is -2.38. The largest absolute Gasteiger partial charge is 0.490 e. The molecule has 142 valence electrons. The van der Waals surface area contributed by atoms with Crippen LogP contribution in [0.2, 0.25) is 0 Å². The van der Waals surface area contributed by atoms with Gasteiger partial charge in [0.25, 0.3) is 11.8 Å². The second kappa shape index (κ2) is 7.18. The van der Waals surface area contributed by atoms with Crippen molar-refractivity contribution in [2.75, 3.05) is 13.2 Å². The summed E-state index contributed by atoms with van der Waals surface area (Å²) in [5.74, 6) is 0.818. The van der Waals surface area contributed by atoms with E-state index in [-0.39, 0.29) is 35.5 Å². The van der Waals surface area contributed by atoms with Crippen LogP contribution in [0.4, 0.5) is 0 Å². The number of carbonyl (C=O) groups excluding carboxylic acids is 2. The monoisotopic (exact) mass is 368 g/mol. The SMILES string of the molecule is CCOc1ccc(/C=N\N2C(=O)[C@H]3[C@H](C2=O)[C@H]2C=C[C@H]3CC2)cc1OCC. The summed E-state index contributed by atoms with van der Waals surface area (Å²) in [6.45, 7) is 4.88. The maximum absolute atomic E-state index is 12.8. The first-order chi connectivity index (χ1) is 13.1. The van der Waals surface area contributed by atoms with E-state index in [1.165, 1.54) is 0 Å². The van der Waals surface area contributed by atoms with Gasteiger partial charge in [-0.2, -0.15) is 10.1 Å². The number of rotatable bonds is 6. The molecular weight excluding hydrogens is 344 g/mol. The number of hydrazone groups is 1. The molecule has 3 aliphatic carbocycles. The predicted molar refractivity (Wildman–Crippen MR) is 101 cm³/mol. The first kappa shape index (κ1) is 17.8. The van der Waals surface area contributed by atoms with Crippen molar-refractivity contribution in [2.24, 2.45) is 28.8 Å². The Bertz CT molecular complexity index is 784. The van der Waals surface area contributed by atoms with Gasteiger partial charge < -0.3 is 9.47 Å². The van der Waals surface area contributed by atoms with Crippen LogP contribution in [0.5, 0.6) is 11.5 Å². The summed E-state index contributed by atoms with van der Waals surface area (Å²) in [6, 6.07) is 5.45. The van der Waals surface area contributed by atoms with Crippen molar-refractivity contribution in [3.63, 3.8) is 0 Å². The number of amides is 2. The molecule has 5 rings (SSSR count). The molecule has 6 nitrogen and oxygen atoms in total. The van der Waals surface area contributed by atoms with Gasteiger partial charge in [-0.15, -0.1) is 0 Å². The van der Waals surface area contributed by atoms with E-state index in [4.69, 9.17) is 9.47 Å². The van der Waals surface area contributed by atoms with Crippen LogP contribution in [0.3, 0.4) is 0 Å². The second-order valence-corrected chi connectivity index (χ2v) is 7.15. The van der Waals surface area contributed by atoms with E-state index < -0.39 is 0 Å². The van der Waals surface area contributed by atoms with Crippen LogP contribution in [0.15, 0.2) is 35.5 Å². The lowest BCUT2D eigenvalue weighted by atomic mass is 9.63. The molecule has 0 aromatic heterocycles. The van der Waals surface area contributed by atoms with Crippen LogP contribution in [0.1, 0.15) is 32.3 Å². The molecule has 4 aliphatic rings. The zero-order valence-electron chi connectivity index (χ0n) is 15.6. The average Bonchev–Trinajstić information content (AvgIpc) is 2.96. The number of nitrogens with zero attached hydrogens (tertiary/aromatic N) is 2. The molecule has 0 unspecified atom stereocenters. The minimum Gasteiger partial charge on any atom is -0.490 e. The molecule has 4 atom stereocenters. The lowest BCUT2D eigenvalue weighted by molar-refractivity contribution is -0.140. The highest BCUT2D eigenvalue weighted by atomic mass is 16.5. The molecule has 1 heterocycles. The minimum atomic E-state index is -0.238. The number of allylic oxidation sites excluding steroid dienone is 2. The molecule has 1 saturated carbocycles. The van der Waals surface area contributed by atoms with Gasteiger partial charge in [-0.25, -0.2) is 0 Å².